The third-order valence-corrected chi connectivity index (χ3v) is 2.29. The maximum absolute atomic E-state index is 12.3. The Hall–Kier alpha value is -2.31. The minimum absolute atomic E-state index is 0.0674. The van der Waals surface area contributed by atoms with Gasteiger partial charge in [0.15, 0.2) is 0 Å². The maximum atomic E-state index is 12.3. The summed E-state index contributed by atoms with van der Waals surface area (Å²) in [6, 6.07) is 4.79. The molecule has 18 heavy (non-hydrogen) atoms. The number of carboxylic acids is 1. The van der Waals surface area contributed by atoms with E-state index in [0.29, 0.717) is 6.20 Å². The van der Waals surface area contributed by atoms with Crippen molar-refractivity contribution in [1.82, 2.24) is 9.55 Å². The normalized spacial score (nSPS) is 11.5. The van der Waals surface area contributed by atoms with Crippen LogP contribution in [0, 0.1) is 0 Å². The molecule has 0 aliphatic heterocycles. The monoisotopic (exact) mass is 256 g/mol. The van der Waals surface area contributed by atoms with E-state index >= 15 is 0 Å². The molecule has 0 unspecified atom stereocenters. The fourth-order valence-electron chi connectivity index (χ4n) is 1.45. The van der Waals surface area contributed by atoms with Crippen LogP contribution in [-0.4, -0.2) is 20.6 Å². The SMILES string of the molecule is O=C(O)c1cccn1-c1ccc(C(F)(F)F)cn1. The molecule has 7 heteroatoms. The van der Waals surface area contributed by atoms with Gasteiger partial charge < -0.3 is 5.11 Å². The van der Waals surface area contributed by atoms with Crippen molar-refractivity contribution in [1.29, 1.82) is 0 Å². The summed E-state index contributed by atoms with van der Waals surface area (Å²) in [7, 11) is 0. The highest BCUT2D eigenvalue weighted by molar-refractivity contribution is 5.86. The molecule has 0 aromatic carbocycles. The lowest BCUT2D eigenvalue weighted by atomic mass is 10.3. The van der Waals surface area contributed by atoms with Crippen LogP contribution in [0.2, 0.25) is 0 Å². The number of alkyl halides is 3. The highest BCUT2D eigenvalue weighted by Gasteiger charge is 2.30. The predicted octanol–water partition coefficient (Wildman–Crippen LogP) is 2.59. The summed E-state index contributed by atoms with van der Waals surface area (Å²) in [6.07, 6.45) is -2.38. The van der Waals surface area contributed by atoms with Crippen LogP contribution in [0.1, 0.15) is 16.1 Å². The Morgan fingerprint density at radius 3 is 2.50 bits per heavy atom. The van der Waals surface area contributed by atoms with Crippen molar-refractivity contribution in [2.24, 2.45) is 0 Å². The first-order valence-corrected chi connectivity index (χ1v) is 4.84. The zero-order chi connectivity index (χ0) is 13.3. The fraction of sp³-hybridized carbons (Fsp3) is 0.0909. The van der Waals surface area contributed by atoms with Crippen LogP contribution in [0.5, 0.6) is 0 Å². The number of hydrogen-bond donors (Lipinski definition) is 1. The van der Waals surface area contributed by atoms with E-state index in [1.807, 2.05) is 0 Å². The number of aromatic nitrogens is 2. The van der Waals surface area contributed by atoms with Crippen LogP contribution in [0.25, 0.3) is 5.82 Å². The van der Waals surface area contributed by atoms with Crippen LogP contribution < -0.4 is 0 Å². The van der Waals surface area contributed by atoms with E-state index in [9.17, 15) is 18.0 Å². The minimum Gasteiger partial charge on any atom is -0.477 e. The summed E-state index contributed by atoms with van der Waals surface area (Å²) < 4.78 is 38.2. The van der Waals surface area contributed by atoms with Crippen LogP contribution in [0.4, 0.5) is 13.2 Å². The van der Waals surface area contributed by atoms with Gasteiger partial charge in [-0.2, -0.15) is 13.2 Å². The number of hydrogen-bond acceptors (Lipinski definition) is 2. The van der Waals surface area contributed by atoms with Crippen molar-refractivity contribution in [2.75, 3.05) is 0 Å². The number of nitrogens with zero attached hydrogens (tertiary/aromatic N) is 2. The zero-order valence-electron chi connectivity index (χ0n) is 8.85. The maximum Gasteiger partial charge on any atom is 0.417 e. The molecule has 0 saturated carbocycles. The quantitative estimate of drug-likeness (QED) is 0.898. The van der Waals surface area contributed by atoms with Crippen LogP contribution in [-0.2, 0) is 6.18 Å². The van der Waals surface area contributed by atoms with Crippen molar-refractivity contribution >= 4 is 5.97 Å². The number of rotatable bonds is 2. The van der Waals surface area contributed by atoms with Gasteiger partial charge in [0.2, 0.25) is 0 Å². The van der Waals surface area contributed by atoms with Crippen molar-refractivity contribution in [2.45, 2.75) is 6.18 Å². The van der Waals surface area contributed by atoms with Crippen molar-refractivity contribution in [3.8, 4) is 5.82 Å². The summed E-state index contributed by atoms with van der Waals surface area (Å²) in [5.41, 5.74) is -0.947. The molecule has 0 radical (unpaired) electrons. The molecule has 1 N–H and O–H groups in total. The highest BCUT2D eigenvalue weighted by Crippen LogP contribution is 2.28. The Labute approximate surface area is 99.3 Å². The second kappa shape index (κ2) is 4.17. The number of carbonyl (C=O) groups is 1. The van der Waals surface area contributed by atoms with Gasteiger partial charge in [-0.3, -0.25) is 4.57 Å². The molecule has 0 fully saturated rings. The molecule has 94 valence electrons. The Bertz CT molecular complexity index is 573. The van der Waals surface area contributed by atoms with Crippen molar-refractivity contribution in [3.05, 3.63) is 47.9 Å². The lowest BCUT2D eigenvalue weighted by molar-refractivity contribution is -0.137. The van der Waals surface area contributed by atoms with E-state index in [1.165, 1.54) is 22.9 Å². The zero-order valence-corrected chi connectivity index (χ0v) is 8.85. The van der Waals surface area contributed by atoms with Gasteiger partial charge in [-0.1, -0.05) is 0 Å². The molecule has 0 amide bonds. The lowest BCUT2D eigenvalue weighted by Gasteiger charge is -2.08. The van der Waals surface area contributed by atoms with Gasteiger partial charge in [-0.15, -0.1) is 0 Å². The third kappa shape index (κ3) is 2.20. The summed E-state index contributed by atoms with van der Waals surface area (Å²) in [6.45, 7) is 0. The molecule has 0 aliphatic rings. The molecule has 2 aromatic heterocycles. The second-order valence-electron chi connectivity index (χ2n) is 3.47. The van der Waals surface area contributed by atoms with Gasteiger partial charge in [0, 0.05) is 12.4 Å². The van der Waals surface area contributed by atoms with Gasteiger partial charge in [-0.05, 0) is 24.3 Å². The Balaban J connectivity index is 2.41. The first-order valence-electron chi connectivity index (χ1n) is 4.84. The predicted molar refractivity (Wildman–Crippen MR) is 55.5 cm³/mol. The molecular weight excluding hydrogens is 249 g/mol. The first-order chi connectivity index (χ1) is 8.39. The van der Waals surface area contributed by atoms with E-state index in [1.54, 1.807) is 0 Å². The molecule has 2 aromatic rings. The standard InChI is InChI=1S/C11H7F3N2O2/c12-11(13,14)7-3-4-9(15-6-7)16-5-1-2-8(16)10(17)18/h1-6H,(H,17,18). The van der Waals surface area contributed by atoms with E-state index in [-0.39, 0.29) is 11.5 Å². The number of aromatic carboxylic acids is 1. The molecule has 0 aliphatic carbocycles. The first kappa shape index (κ1) is 12.2. The minimum atomic E-state index is -4.46. The van der Waals surface area contributed by atoms with Crippen LogP contribution in [0.15, 0.2) is 36.7 Å². The average Bonchev–Trinajstić information content (AvgIpc) is 2.77. The Morgan fingerprint density at radius 2 is 2.00 bits per heavy atom. The Kier molecular flexibility index (Phi) is 2.82. The lowest BCUT2D eigenvalue weighted by Crippen LogP contribution is -2.09. The van der Waals surface area contributed by atoms with Crippen LogP contribution >= 0.6 is 0 Å². The number of carboxylic acid groups (broad SMARTS) is 1. The van der Waals surface area contributed by atoms with E-state index in [2.05, 4.69) is 4.98 Å². The third-order valence-electron chi connectivity index (χ3n) is 2.29. The van der Waals surface area contributed by atoms with Gasteiger partial charge in [-0.25, -0.2) is 9.78 Å². The summed E-state index contributed by atoms with van der Waals surface area (Å²) in [4.78, 5) is 14.5. The molecule has 2 rings (SSSR count). The van der Waals surface area contributed by atoms with Gasteiger partial charge >= 0.3 is 12.1 Å². The molecule has 0 atom stereocenters. The molecular formula is C11H7F3N2O2. The molecule has 0 saturated heterocycles. The van der Waals surface area contributed by atoms with E-state index in [4.69, 9.17) is 5.11 Å². The number of pyridine rings is 1. The summed E-state index contributed by atoms with van der Waals surface area (Å²) in [5.74, 6) is -1.06. The average molecular weight is 256 g/mol. The largest absolute Gasteiger partial charge is 0.477 e. The number of halogens is 3. The topological polar surface area (TPSA) is 55.1 Å². The van der Waals surface area contributed by atoms with Gasteiger partial charge in [0.1, 0.15) is 11.5 Å². The fourth-order valence-corrected chi connectivity index (χ4v) is 1.45. The summed E-state index contributed by atoms with van der Waals surface area (Å²) in [5, 5.41) is 8.87. The van der Waals surface area contributed by atoms with Gasteiger partial charge in [0.05, 0.1) is 5.56 Å². The van der Waals surface area contributed by atoms with Crippen LogP contribution in [0.3, 0.4) is 0 Å². The van der Waals surface area contributed by atoms with Gasteiger partial charge in [0.25, 0.3) is 0 Å². The van der Waals surface area contributed by atoms with E-state index < -0.39 is 17.7 Å². The second-order valence-corrected chi connectivity index (χ2v) is 3.47. The molecule has 0 spiro atoms. The molecule has 2 heterocycles. The smallest absolute Gasteiger partial charge is 0.417 e. The molecule has 0 bridgehead atoms. The molecule has 4 nitrogen and oxygen atoms in total. The van der Waals surface area contributed by atoms with Crippen molar-refractivity contribution in [3.63, 3.8) is 0 Å². The van der Waals surface area contributed by atoms with E-state index in [0.717, 1.165) is 12.1 Å². The summed E-state index contributed by atoms with van der Waals surface area (Å²) >= 11 is 0. The Morgan fingerprint density at radius 1 is 1.28 bits per heavy atom. The highest BCUT2D eigenvalue weighted by atomic mass is 19.4. The van der Waals surface area contributed by atoms with Crippen molar-refractivity contribution < 1.29 is 23.1 Å².